The minimum absolute atomic E-state index is 0. The second kappa shape index (κ2) is 6.28. The van der Waals surface area contributed by atoms with Crippen LogP contribution in [0.1, 0.15) is 16.2 Å². The quantitative estimate of drug-likeness (QED) is 0.472. The summed E-state index contributed by atoms with van der Waals surface area (Å²) in [5, 5.41) is 0. The topological polar surface area (TPSA) is 97.5 Å². The Morgan fingerprint density at radius 1 is 1.67 bits per heavy atom. The molecular weight excluding hydrogens is 210 g/mol. The first kappa shape index (κ1) is 15.3. The molecule has 0 aliphatic carbocycles. The zero-order valence-corrected chi connectivity index (χ0v) is 9.88. The molecule has 0 aromatic rings. The van der Waals surface area contributed by atoms with Gasteiger partial charge in [0, 0.05) is 0 Å². The maximum Gasteiger partial charge on any atom is 2.00 e. The van der Waals surface area contributed by atoms with E-state index >= 15 is 0 Å². The summed E-state index contributed by atoms with van der Waals surface area (Å²) >= 11 is 0. The SMILES string of the molecule is CC(=O)C(N)CCS(=O)(=O)O.[Ca+2].[H-].[H-]. The van der Waals surface area contributed by atoms with Crippen molar-refractivity contribution < 1.29 is 20.6 Å². The van der Waals surface area contributed by atoms with Gasteiger partial charge < -0.3 is 8.59 Å². The third-order valence-electron chi connectivity index (χ3n) is 1.21. The van der Waals surface area contributed by atoms with Crippen LogP contribution in [-0.4, -0.2) is 68.3 Å². The summed E-state index contributed by atoms with van der Waals surface area (Å²) in [4.78, 5) is 10.5. The molecule has 0 aromatic heterocycles. The van der Waals surface area contributed by atoms with Gasteiger partial charge in [0.2, 0.25) is 0 Å². The zero-order valence-electron chi connectivity index (χ0n) is 8.86. The maximum atomic E-state index is 10.5. The first-order chi connectivity index (χ1) is 4.83. The van der Waals surface area contributed by atoms with Crippen LogP contribution < -0.4 is 5.73 Å². The van der Waals surface area contributed by atoms with Gasteiger partial charge in [0.05, 0.1) is 11.8 Å². The number of Topliss-reactive ketones (excluding diaryl/α,β-unsaturated/α-hetero) is 1. The largest absolute Gasteiger partial charge is 2.00 e. The standard InChI is InChI=1S/C5H11NO4S.Ca.2H/c1-4(7)5(6)2-3-11(8,9)10;;;/h5H,2-3,6H2,1H3,(H,8,9,10);;;/q;+2;2*-1. The minimum atomic E-state index is -3.98. The molecule has 0 aliphatic rings. The molecule has 0 aliphatic heterocycles. The number of hydrogen-bond acceptors (Lipinski definition) is 4. The van der Waals surface area contributed by atoms with Crippen molar-refractivity contribution in [1.29, 1.82) is 0 Å². The summed E-state index contributed by atoms with van der Waals surface area (Å²) in [5.41, 5.74) is 5.20. The average molecular weight is 223 g/mol. The predicted molar refractivity (Wildman–Crippen MR) is 47.7 cm³/mol. The number of nitrogens with two attached hydrogens (primary N) is 1. The van der Waals surface area contributed by atoms with Gasteiger partial charge >= 0.3 is 37.7 Å². The normalized spacial score (nSPS) is 13.2. The van der Waals surface area contributed by atoms with Crippen LogP contribution in [0.25, 0.3) is 0 Å². The van der Waals surface area contributed by atoms with Crippen molar-refractivity contribution in [1.82, 2.24) is 0 Å². The van der Waals surface area contributed by atoms with E-state index in [1.165, 1.54) is 6.92 Å². The molecule has 12 heavy (non-hydrogen) atoms. The fourth-order valence-corrected chi connectivity index (χ4v) is 1.03. The first-order valence-corrected chi connectivity index (χ1v) is 4.65. The third kappa shape index (κ3) is 8.89. The van der Waals surface area contributed by atoms with Crippen LogP contribution in [0, 0.1) is 0 Å². The van der Waals surface area contributed by atoms with Gasteiger partial charge in [-0.3, -0.25) is 9.35 Å². The Bertz CT molecular complexity index is 246. The monoisotopic (exact) mass is 223 g/mol. The van der Waals surface area contributed by atoms with Crippen LogP contribution in [0.3, 0.4) is 0 Å². The second-order valence-electron chi connectivity index (χ2n) is 2.29. The molecule has 3 N–H and O–H groups in total. The smallest absolute Gasteiger partial charge is 1.00 e. The van der Waals surface area contributed by atoms with Crippen molar-refractivity contribution in [3.63, 3.8) is 0 Å². The van der Waals surface area contributed by atoms with E-state index in [1.54, 1.807) is 0 Å². The number of rotatable bonds is 4. The van der Waals surface area contributed by atoms with E-state index < -0.39 is 21.9 Å². The van der Waals surface area contributed by atoms with E-state index in [1.807, 2.05) is 0 Å². The van der Waals surface area contributed by atoms with E-state index in [-0.39, 0.29) is 52.8 Å². The van der Waals surface area contributed by atoms with Crippen molar-refractivity contribution >= 4 is 53.6 Å². The van der Waals surface area contributed by atoms with E-state index in [4.69, 9.17) is 10.3 Å². The summed E-state index contributed by atoms with van der Waals surface area (Å²) in [5.74, 6) is -0.748. The van der Waals surface area contributed by atoms with Crippen LogP contribution in [0.5, 0.6) is 0 Å². The summed E-state index contributed by atoms with van der Waals surface area (Å²) in [6.07, 6.45) is -0.0336. The molecule has 0 aromatic carbocycles. The van der Waals surface area contributed by atoms with E-state index in [0.717, 1.165) is 0 Å². The van der Waals surface area contributed by atoms with Crippen molar-refractivity contribution in [3.8, 4) is 0 Å². The minimum Gasteiger partial charge on any atom is -1.00 e. The molecule has 0 heterocycles. The molecule has 0 saturated heterocycles. The molecule has 0 fully saturated rings. The summed E-state index contributed by atoms with van der Waals surface area (Å²) in [6.45, 7) is 1.27. The molecular formula is C5H13CaNO4S. The fourth-order valence-electron chi connectivity index (χ4n) is 0.479. The van der Waals surface area contributed by atoms with Crippen molar-refractivity contribution in [2.75, 3.05) is 5.75 Å². The van der Waals surface area contributed by atoms with Gasteiger partial charge in [-0.05, 0) is 13.3 Å². The van der Waals surface area contributed by atoms with Gasteiger partial charge in [-0.25, -0.2) is 0 Å². The van der Waals surface area contributed by atoms with Crippen LogP contribution in [0.4, 0.5) is 0 Å². The molecule has 0 rings (SSSR count). The molecule has 0 radical (unpaired) electrons. The Balaban J connectivity index is -0.000000167. The third-order valence-corrected chi connectivity index (χ3v) is 1.96. The molecule has 70 valence electrons. The maximum absolute atomic E-state index is 10.5. The number of ketones is 1. The average Bonchev–Trinajstić information content (AvgIpc) is 1.80. The first-order valence-electron chi connectivity index (χ1n) is 3.04. The number of carbonyl (C=O) groups excluding carboxylic acids is 1. The van der Waals surface area contributed by atoms with Gasteiger partial charge in [0.25, 0.3) is 10.1 Å². The van der Waals surface area contributed by atoms with Crippen LogP contribution in [0.2, 0.25) is 0 Å². The summed E-state index contributed by atoms with van der Waals surface area (Å²) < 4.78 is 28.5. The second-order valence-corrected chi connectivity index (χ2v) is 3.86. The van der Waals surface area contributed by atoms with E-state index in [0.29, 0.717) is 0 Å². The molecule has 7 heteroatoms. The molecule has 0 bridgehead atoms. The Morgan fingerprint density at radius 3 is 2.33 bits per heavy atom. The number of carbonyl (C=O) groups is 1. The van der Waals surface area contributed by atoms with Gasteiger partial charge in [0.1, 0.15) is 5.78 Å². The Labute approximate surface area is 104 Å². The molecule has 0 saturated carbocycles. The van der Waals surface area contributed by atoms with Crippen LogP contribution in [-0.2, 0) is 14.9 Å². The molecule has 1 unspecified atom stereocenters. The van der Waals surface area contributed by atoms with Gasteiger partial charge in [-0.15, -0.1) is 0 Å². The van der Waals surface area contributed by atoms with Gasteiger partial charge in [-0.2, -0.15) is 8.42 Å². The van der Waals surface area contributed by atoms with Crippen molar-refractivity contribution in [3.05, 3.63) is 0 Å². The Hall–Kier alpha value is 0.800. The molecule has 1 atom stereocenters. The zero-order chi connectivity index (χ0) is 9.07. The molecule has 0 spiro atoms. The van der Waals surface area contributed by atoms with Crippen molar-refractivity contribution in [2.45, 2.75) is 19.4 Å². The Kier molecular flexibility index (Phi) is 8.00. The van der Waals surface area contributed by atoms with Crippen molar-refractivity contribution in [2.24, 2.45) is 5.73 Å². The van der Waals surface area contributed by atoms with Crippen LogP contribution in [0.15, 0.2) is 0 Å². The summed E-state index contributed by atoms with van der Waals surface area (Å²) in [7, 11) is -3.98. The van der Waals surface area contributed by atoms with Crippen LogP contribution >= 0.6 is 0 Å². The Morgan fingerprint density at radius 2 is 2.08 bits per heavy atom. The van der Waals surface area contributed by atoms with Gasteiger partial charge in [-0.1, -0.05) is 0 Å². The fraction of sp³-hybridized carbons (Fsp3) is 0.800. The molecule has 5 nitrogen and oxygen atoms in total. The predicted octanol–water partition coefficient (Wildman–Crippen LogP) is -0.975. The molecule has 0 amide bonds. The van der Waals surface area contributed by atoms with Gasteiger partial charge in [0.15, 0.2) is 0 Å². The van der Waals surface area contributed by atoms with E-state index in [2.05, 4.69) is 0 Å². The number of hydrogen-bond donors (Lipinski definition) is 2. The van der Waals surface area contributed by atoms with E-state index in [9.17, 15) is 13.2 Å². The summed E-state index contributed by atoms with van der Waals surface area (Å²) in [6, 6.07) is -0.795.